The highest BCUT2D eigenvalue weighted by Gasteiger charge is 2.20. The molecule has 3 nitrogen and oxygen atoms in total. The van der Waals surface area contributed by atoms with Gasteiger partial charge in [-0.2, -0.15) is 5.26 Å². The Morgan fingerprint density at radius 3 is 2.43 bits per heavy atom. The van der Waals surface area contributed by atoms with E-state index in [1.54, 1.807) is 6.20 Å². The lowest BCUT2D eigenvalue weighted by molar-refractivity contribution is 0.668. The summed E-state index contributed by atoms with van der Waals surface area (Å²) in [7, 11) is 0. The summed E-state index contributed by atoms with van der Waals surface area (Å²) >= 11 is 0. The number of para-hydroxylation sites is 1. The van der Waals surface area contributed by atoms with Crippen molar-refractivity contribution in [3.63, 3.8) is 0 Å². The van der Waals surface area contributed by atoms with Gasteiger partial charge in [0.15, 0.2) is 5.58 Å². The van der Waals surface area contributed by atoms with Gasteiger partial charge in [0.2, 0.25) is 0 Å². The van der Waals surface area contributed by atoms with Crippen molar-refractivity contribution in [2.75, 3.05) is 0 Å². The SMILES string of the molecule is Cc1cc2c(oc3c(-c4ccccn4)cccc32)c(C#N)c1-c1ccccc1. The first-order valence-corrected chi connectivity index (χ1v) is 9.13. The fourth-order valence-corrected chi connectivity index (χ4v) is 3.87. The average molecular weight is 360 g/mol. The highest BCUT2D eigenvalue weighted by molar-refractivity contribution is 6.12. The quantitative estimate of drug-likeness (QED) is 0.361. The van der Waals surface area contributed by atoms with Crippen LogP contribution in [0.5, 0.6) is 0 Å². The lowest BCUT2D eigenvalue weighted by Crippen LogP contribution is -1.90. The molecular weight excluding hydrogens is 344 g/mol. The molecule has 0 N–H and O–H groups in total. The molecule has 0 aliphatic rings. The van der Waals surface area contributed by atoms with Gasteiger partial charge in [-0.15, -0.1) is 0 Å². The summed E-state index contributed by atoms with van der Waals surface area (Å²) in [5.41, 5.74) is 6.74. The Morgan fingerprint density at radius 2 is 1.68 bits per heavy atom. The first kappa shape index (κ1) is 16.3. The molecule has 0 atom stereocenters. The zero-order chi connectivity index (χ0) is 19.1. The van der Waals surface area contributed by atoms with Gasteiger partial charge < -0.3 is 4.42 Å². The first-order valence-electron chi connectivity index (χ1n) is 9.13. The standard InChI is InChI=1S/C25H16N2O/c1-16-14-20-18-10-7-11-19(22-12-5-6-13-27-22)24(18)28-25(20)21(15-26)23(16)17-8-3-2-4-9-17/h2-14H,1H3. The molecule has 5 rings (SSSR count). The van der Waals surface area contributed by atoms with Gasteiger partial charge in [-0.25, -0.2) is 0 Å². The van der Waals surface area contributed by atoms with Crippen molar-refractivity contribution in [3.8, 4) is 28.5 Å². The Kier molecular flexibility index (Phi) is 3.70. The molecule has 0 bridgehead atoms. The summed E-state index contributed by atoms with van der Waals surface area (Å²) in [5, 5.41) is 11.9. The zero-order valence-corrected chi connectivity index (χ0v) is 15.3. The number of nitrogens with zero attached hydrogens (tertiary/aromatic N) is 2. The van der Waals surface area contributed by atoms with Crippen LogP contribution in [-0.4, -0.2) is 4.98 Å². The number of aryl methyl sites for hydroxylation is 1. The van der Waals surface area contributed by atoms with Crippen molar-refractivity contribution in [2.24, 2.45) is 0 Å². The number of nitriles is 1. The third-order valence-corrected chi connectivity index (χ3v) is 5.10. The molecule has 2 heterocycles. The molecule has 3 aromatic carbocycles. The van der Waals surface area contributed by atoms with Crippen LogP contribution in [0.4, 0.5) is 0 Å². The first-order chi connectivity index (χ1) is 13.8. The minimum absolute atomic E-state index is 0.573. The second-order valence-corrected chi connectivity index (χ2v) is 6.80. The number of hydrogen-bond acceptors (Lipinski definition) is 3. The highest BCUT2D eigenvalue weighted by atomic mass is 16.3. The molecule has 132 valence electrons. The van der Waals surface area contributed by atoms with Gasteiger partial charge in [0.25, 0.3) is 0 Å². The second-order valence-electron chi connectivity index (χ2n) is 6.80. The van der Waals surface area contributed by atoms with Gasteiger partial charge in [-0.3, -0.25) is 4.98 Å². The summed E-state index contributed by atoms with van der Waals surface area (Å²) in [6, 6.07) is 26.4. The van der Waals surface area contributed by atoms with Crippen molar-refractivity contribution < 1.29 is 4.42 Å². The van der Waals surface area contributed by atoms with E-state index in [1.807, 2.05) is 73.7 Å². The lowest BCUT2D eigenvalue weighted by Gasteiger charge is -2.09. The molecule has 3 heteroatoms. The number of pyridine rings is 1. The number of furan rings is 1. The predicted molar refractivity (Wildman–Crippen MR) is 112 cm³/mol. The Labute approximate surface area is 162 Å². The molecule has 0 amide bonds. The third kappa shape index (κ3) is 2.39. The monoisotopic (exact) mass is 360 g/mol. The maximum Gasteiger partial charge on any atom is 0.153 e. The van der Waals surface area contributed by atoms with Crippen molar-refractivity contribution in [1.29, 1.82) is 5.26 Å². The molecule has 0 saturated heterocycles. The third-order valence-electron chi connectivity index (χ3n) is 5.10. The minimum Gasteiger partial charge on any atom is -0.454 e. The van der Waals surface area contributed by atoms with Crippen LogP contribution in [0.1, 0.15) is 11.1 Å². The predicted octanol–water partition coefficient (Wildman–Crippen LogP) is 6.50. The fraction of sp³-hybridized carbons (Fsp3) is 0.0400. The van der Waals surface area contributed by atoms with Crippen LogP contribution < -0.4 is 0 Å². The topological polar surface area (TPSA) is 49.8 Å². The Bertz CT molecular complexity index is 1360. The van der Waals surface area contributed by atoms with E-state index in [4.69, 9.17) is 4.42 Å². The number of rotatable bonds is 2. The molecule has 0 fully saturated rings. The smallest absolute Gasteiger partial charge is 0.153 e. The molecule has 2 aromatic heterocycles. The van der Waals surface area contributed by atoms with Crippen molar-refractivity contribution in [2.45, 2.75) is 6.92 Å². The van der Waals surface area contributed by atoms with Crippen LogP contribution in [-0.2, 0) is 0 Å². The normalized spacial score (nSPS) is 11.0. The molecule has 5 aromatic rings. The van der Waals surface area contributed by atoms with Crippen molar-refractivity contribution >= 4 is 21.9 Å². The molecule has 0 aliphatic carbocycles. The summed E-state index contributed by atoms with van der Waals surface area (Å²) in [4.78, 5) is 4.47. The van der Waals surface area contributed by atoms with Crippen molar-refractivity contribution in [1.82, 2.24) is 4.98 Å². The van der Waals surface area contributed by atoms with E-state index in [-0.39, 0.29) is 0 Å². The van der Waals surface area contributed by atoms with Crippen molar-refractivity contribution in [3.05, 3.63) is 90.1 Å². The molecule has 0 radical (unpaired) electrons. The molecule has 0 aliphatic heterocycles. The Morgan fingerprint density at radius 1 is 0.857 bits per heavy atom. The summed E-state index contributed by atoms with van der Waals surface area (Å²) in [6.45, 7) is 2.05. The van der Waals surface area contributed by atoms with Crippen LogP contribution in [0.25, 0.3) is 44.3 Å². The summed E-state index contributed by atoms with van der Waals surface area (Å²) in [5.74, 6) is 0. The van der Waals surface area contributed by atoms with E-state index in [2.05, 4.69) is 17.1 Å². The Balaban J connectivity index is 1.89. The number of hydrogen-bond donors (Lipinski definition) is 0. The van der Waals surface area contributed by atoms with E-state index in [0.29, 0.717) is 11.1 Å². The molecule has 0 spiro atoms. The van der Waals surface area contributed by atoms with Crippen LogP contribution in [0.2, 0.25) is 0 Å². The highest BCUT2D eigenvalue weighted by Crippen LogP contribution is 2.40. The average Bonchev–Trinajstić information content (AvgIpc) is 3.12. The largest absolute Gasteiger partial charge is 0.454 e. The molecule has 28 heavy (non-hydrogen) atoms. The molecule has 0 unspecified atom stereocenters. The van der Waals surface area contributed by atoms with Gasteiger partial charge in [0.05, 0.1) is 5.69 Å². The number of aromatic nitrogens is 1. The minimum atomic E-state index is 0.573. The van der Waals surface area contributed by atoms with E-state index in [1.165, 1.54) is 0 Å². The summed E-state index contributed by atoms with van der Waals surface area (Å²) in [6.07, 6.45) is 1.77. The van der Waals surface area contributed by atoms with Gasteiger partial charge in [0.1, 0.15) is 17.2 Å². The van der Waals surface area contributed by atoms with Gasteiger partial charge >= 0.3 is 0 Å². The molecule has 0 saturated carbocycles. The second kappa shape index (κ2) is 6.37. The maximum atomic E-state index is 9.99. The van der Waals surface area contributed by atoms with Crippen LogP contribution in [0, 0.1) is 18.3 Å². The van der Waals surface area contributed by atoms with E-state index < -0.39 is 0 Å². The molecular formula is C25H16N2O. The summed E-state index contributed by atoms with van der Waals surface area (Å²) < 4.78 is 6.31. The fourth-order valence-electron chi connectivity index (χ4n) is 3.87. The lowest BCUT2D eigenvalue weighted by atomic mass is 9.93. The van der Waals surface area contributed by atoms with Crippen LogP contribution in [0.15, 0.2) is 83.4 Å². The number of benzene rings is 3. The van der Waals surface area contributed by atoms with Gasteiger partial charge in [-0.1, -0.05) is 48.5 Å². The van der Waals surface area contributed by atoms with Gasteiger partial charge in [-0.05, 0) is 42.3 Å². The van der Waals surface area contributed by atoms with Crippen LogP contribution in [0.3, 0.4) is 0 Å². The number of fused-ring (bicyclic) bond motifs is 3. The van der Waals surface area contributed by atoms with Crippen LogP contribution >= 0.6 is 0 Å². The van der Waals surface area contributed by atoms with E-state index in [0.717, 1.165) is 44.3 Å². The van der Waals surface area contributed by atoms with E-state index >= 15 is 0 Å². The zero-order valence-electron chi connectivity index (χ0n) is 15.3. The Hall–Kier alpha value is -3.90. The van der Waals surface area contributed by atoms with E-state index in [9.17, 15) is 5.26 Å². The van der Waals surface area contributed by atoms with Gasteiger partial charge in [0, 0.05) is 28.1 Å². The maximum absolute atomic E-state index is 9.99.